The number of rotatable bonds is 2. The quantitative estimate of drug-likeness (QED) is 0.770. The van der Waals surface area contributed by atoms with Gasteiger partial charge in [-0.05, 0) is 5.56 Å². The van der Waals surface area contributed by atoms with E-state index in [4.69, 9.17) is 0 Å². The number of aromatic nitrogens is 3. The van der Waals surface area contributed by atoms with Gasteiger partial charge in [0.25, 0.3) is 0 Å². The fourth-order valence-corrected chi connectivity index (χ4v) is 1.25. The number of aliphatic hydroxyl groups is 1. The summed E-state index contributed by atoms with van der Waals surface area (Å²) in [6.07, 6.45) is 5.39. The highest BCUT2D eigenvalue weighted by Crippen LogP contribution is 2.21. The Morgan fingerprint density at radius 2 is 2.29 bits per heavy atom. The third-order valence-corrected chi connectivity index (χ3v) is 2.42. The zero-order chi connectivity index (χ0) is 10.2. The van der Waals surface area contributed by atoms with E-state index in [0.29, 0.717) is 0 Å². The van der Waals surface area contributed by atoms with Crippen LogP contribution in [0.15, 0.2) is 24.7 Å². The molecule has 2 heterocycles. The van der Waals surface area contributed by atoms with E-state index < -0.39 is 0 Å². The molecule has 4 nitrogen and oxygen atoms in total. The molecule has 0 spiro atoms. The molecule has 0 atom stereocenters. The van der Waals surface area contributed by atoms with Crippen molar-refractivity contribution < 1.29 is 5.11 Å². The molecule has 0 unspecified atom stereocenters. The van der Waals surface area contributed by atoms with Crippen LogP contribution < -0.4 is 0 Å². The maximum absolute atomic E-state index is 9.21. The maximum atomic E-state index is 9.21. The van der Waals surface area contributed by atoms with Gasteiger partial charge in [0.15, 0.2) is 5.65 Å². The predicted octanol–water partition coefficient (Wildman–Crippen LogP) is 0.999. The van der Waals surface area contributed by atoms with Gasteiger partial charge >= 0.3 is 0 Å². The van der Waals surface area contributed by atoms with Gasteiger partial charge in [0, 0.05) is 23.9 Å². The van der Waals surface area contributed by atoms with Gasteiger partial charge in [0.2, 0.25) is 0 Å². The van der Waals surface area contributed by atoms with Gasteiger partial charge in [-0.25, -0.2) is 9.50 Å². The Morgan fingerprint density at radius 3 is 3.00 bits per heavy atom. The number of nitrogens with zero attached hydrogens (tertiary/aromatic N) is 3. The van der Waals surface area contributed by atoms with Crippen molar-refractivity contribution in [2.24, 2.45) is 0 Å². The highest BCUT2D eigenvalue weighted by atomic mass is 16.3. The first kappa shape index (κ1) is 9.15. The van der Waals surface area contributed by atoms with E-state index in [0.717, 1.165) is 11.2 Å². The molecule has 0 aromatic carbocycles. The molecular weight excluding hydrogens is 178 g/mol. The number of hydrogen-bond donors (Lipinski definition) is 1. The average Bonchev–Trinajstić information content (AvgIpc) is 2.64. The molecule has 74 valence electrons. The second kappa shape index (κ2) is 3.06. The molecule has 0 saturated carbocycles. The summed E-state index contributed by atoms with van der Waals surface area (Å²) in [6.45, 7) is 4.04. The van der Waals surface area contributed by atoms with E-state index in [2.05, 4.69) is 10.1 Å². The van der Waals surface area contributed by atoms with Gasteiger partial charge in [-0.1, -0.05) is 13.8 Å². The lowest BCUT2D eigenvalue weighted by Crippen LogP contribution is -2.22. The second-order valence-electron chi connectivity index (χ2n) is 4.02. The number of aliphatic hydroxyl groups excluding tert-OH is 1. The van der Waals surface area contributed by atoms with Crippen molar-refractivity contribution in [1.29, 1.82) is 0 Å². The first-order valence-corrected chi connectivity index (χ1v) is 4.54. The number of hydrogen-bond acceptors (Lipinski definition) is 3. The van der Waals surface area contributed by atoms with Crippen molar-refractivity contribution in [3.05, 3.63) is 30.2 Å². The van der Waals surface area contributed by atoms with Crippen LogP contribution in [0.2, 0.25) is 0 Å². The minimum absolute atomic E-state index is 0.0987. The van der Waals surface area contributed by atoms with Crippen molar-refractivity contribution >= 4 is 5.65 Å². The molecule has 0 aliphatic carbocycles. The summed E-state index contributed by atoms with van der Waals surface area (Å²) < 4.78 is 1.72. The van der Waals surface area contributed by atoms with Crippen LogP contribution in [-0.2, 0) is 5.41 Å². The van der Waals surface area contributed by atoms with Gasteiger partial charge in [-0.2, -0.15) is 5.10 Å². The molecule has 0 aliphatic rings. The van der Waals surface area contributed by atoms with Gasteiger partial charge in [0.05, 0.1) is 12.8 Å². The van der Waals surface area contributed by atoms with Gasteiger partial charge in [-0.15, -0.1) is 0 Å². The van der Waals surface area contributed by atoms with Crippen LogP contribution in [0.3, 0.4) is 0 Å². The fourth-order valence-electron chi connectivity index (χ4n) is 1.25. The van der Waals surface area contributed by atoms with Gasteiger partial charge < -0.3 is 5.11 Å². The Balaban J connectivity index is 2.53. The minimum atomic E-state index is -0.271. The van der Waals surface area contributed by atoms with E-state index >= 15 is 0 Å². The van der Waals surface area contributed by atoms with E-state index in [1.165, 1.54) is 0 Å². The van der Waals surface area contributed by atoms with Crippen LogP contribution in [0.4, 0.5) is 0 Å². The van der Waals surface area contributed by atoms with E-state index in [9.17, 15) is 5.11 Å². The molecule has 0 bridgehead atoms. The van der Waals surface area contributed by atoms with E-state index in [1.807, 2.05) is 26.1 Å². The third kappa shape index (κ3) is 1.37. The Kier molecular flexibility index (Phi) is 2.00. The molecule has 4 heteroatoms. The van der Waals surface area contributed by atoms with Crippen molar-refractivity contribution in [2.75, 3.05) is 6.61 Å². The monoisotopic (exact) mass is 191 g/mol. The standard InChI is InChI=1S/C10H13N3O/c1-10(2,7-14)8-5-11-9-3-4-12-13(9)6-8/h3-6,14H,7H2,1-2H3. The maximum Gasteiger partial charge on any atom is 0.154 e. The normalized spacial score (nSPS) is 12.2. The lowest BCUT2D eigenvalue weighted by molar-refractivity contribution is 0.218. The topological polar surface area (TPSA) is 50.4 Å². The summed E-state index contributed by atoms with van der Waals surface area (Å²) in [5, 5.41) is 13.3. The Morgan fingerprint density at radius 1 is 1.50 bits per heavy atom. The van der Waals surface area contributed by atoms with Crippen molar-refractivity contribution in [1.82, 2.24) is 14.6 Å². The zero-order valence-electron chi connectivity index (χ0n) is 8.31. The van der Waals surface area contributed by atoms with Crippen LogP contribution in [0, 0.1) is 0 Å². The van der Waals surface area contributed by atoms with Crippen LogP contribution in [-0.4, -0.2) is 26.3 Å². The average molecular weight is 191 g/mol. The Bertz CT molecular complexity index is 447. The van der Waals surface area contributed by atoms with Crippen LogP contribution in [0.25, 0.3) is 5.65 Å². The molecule has 2 rings (SSSR count). The summed E-state index contributed by atoms with van der Waals surface area (Å²) in [5.41, 5.74) is 1.53. The molecule has 0 radical (unpaired) electrons. The van der Waals surface area contributed by atoms with Crippen molar-refractivity contribution in [2.45, 2.75) is 19.3 Å². The van der Waals surface area contributed by atoms with Gasteiger partial charge in [-0.3, -0.25) is 0 Å². The van der Waals surface area contributed by atoms with Crippen LogP contribution in [0.1, 0.15) is 19.4 Å². The van der Waals surface area contributed by atoms with E-state index in [-0.39, 0.29) is 12.0 Å². The highest BCUT2D eigenvalue weighted by molar-refractivity contribution is 5.37. The summed E-state index contributed by atoms with van der Waals surface area (Å²) in [5.74, 6) is 0. The largest absolute Gasteiger partial charge is 0.395 e. The van der Waals surface area contributed by atoms with E-state index in [1.54, 1.807) is 16.9 Å². The third-order valence-electron chi connectivity index (χ3n) is 2.42. The lowest BCUT2D eigenvalue weighted by Gasteiger charge is -2.21. The Hall–Kier alpha value is -1.42. The van der Waals surface area contributed by atoms with Crippen molar-refractivity contribution in [3.8, 4) is 0 Å². The molecule has 0 fully saturated rings. The Labute approximate surface area is 82.2 Å². The zero-order valence-corrected chi connectivity index (χ0v) is 8.31. The SMILES string of the molecule is CC(C)(CO)c1cnc2ccnn2c1. The highest BCUT2D eigenvalue weighted by Gasteiger charge is 2.20. The lowest BCUT2D eigenvalue weighted by atomic mass is 9.88. The molecule has 2 aromatic rings. The summed E-state index contributed by atoms with van der Waals surface area (Å²) in [4.78, 5) is 4.24. The smallest absolute Gasteiger partial charge is 0.154 e. The fraction of sp³-hybridized carbons (Fsp3) is 0.400. The molecule has 1 N–H and O–H groups in total. The second-order valence-corrected chi connectivity index (χ2v) is 4.02. The number of fused-ring (bicyclic) bond motifs is 1. The minimum Gasteiger partial charge on any atom is -0.395 e. The molecular formula is C10H13N3O. The molecule has 14 heavy (non-hydrogen) atoms. The first-order valence-electron chi connectivity index (χ1n) is 4.54. The molecule has 0 saturated heterocycles. The summed E-state index contributed by atoms with van der Waals surface area (Å²) >= 11 is 0. The molecule has 2 aromatic heterocycles. The van der Waals surface area contributed by atoms with Crippen LogP contribution >= 0.6 is 0 Å². The summed E-state index contributed by atoms with van der Waals surface area (Å²) in [7, 11) is 0. The first-order chi connectivity index (χ1) is 6.63. The predicted molar refractivity (Wildman–Crippen MR) is 53.1 cm³/mol. The molecule has 0 aliphatic heterocycles. The molecule has 0 amide bonds. The van der Waals surface area contributed by atoms with Crippen LogP contribution in [0.5, 0.6) is 0 Å². The van der Waals surface area contributed by atoms with Gasteiger partial charge in [0.1, 0.15) is 0 Å². The summed E-state index contributed by atoms with van der Waals surface area (Å²) in [6, 6.07) is 1.84. The van der Waals surface area contributed by atoms with Crippen molar-refractivity contribution in [3.63, 3.8) is 0 Å².